The lowest BCUT2D eigenvalue weighted by Crippen LogP contribution is -2.52. The Bertz CT molecular complexity index is 1870. The molecule has 0 radical (unpaired) electrons. The van der Waals surface area contributed by atoms with Gasteiger partial charge in [0, 0.05) is 42.8 Å². The van der Waals surface area contributed by atoms with Crippen molar-refractivity contribution in [2.24, 2.45) is 5.10 Å². The van der Waals surface area contributed by atoms with Crippen molar-refractivity contribution in [3.63, 3.8) is 0 Å². The number of nitrogens with one attached hydrogen (secondary N) is 1. The van der Waals surface area contributed by atoms with Crippen LogP contribution in [0.15, 0.2) is 93.3 Å². The Balaban J connectivity index is 1.21. The van der Waals surface area contributed by atoms with Gasteiger partial charge in [-0.2, -0.15) is 9.41 Å². The van der Waals surface area contributed by atoms with E-state index in [0.717, 1.165) is 17.0 Å². The molecule has 246 valence electrons. The molecule has 1 N–H and O–H groups in total. The van der Waals surface area contributed by atoms with Crippen LogP contribution >= 0.6 is 23.2 Å². The van der Waals surface area contributed by atoms with Crippen molar-refractivity contribution in [1.29, 1.82) is 0 Å². The number of rotatable bonds is 10. The Morgan fingerprint density at radius 3 is 2.40 bits per heavy atom. The first-order valence-corrected chi connectivity index (χ1v) is 16.8. The molecule has 1 aliphatic heterocycles. The molecule has 4 aromatic rings. The second kappa shape index (κ2) is 15.0. The van der Waals surface area contributed by atoms with Gasteiger partial charge in [0.05, 0.1) is 30.5 Å². The van der Waals surface area contributed by atoms with Crippen LogP contribution in [0.2, 0.25) is 10.0 Å². The molecule has 14 heteroatoms. The van der Waals surface area contributed by atoms with Crippen LogP contribution in [0.3, 0.4) is 0 Å². The highest BCUT2D eigenvalue weighted by molar-refractivity contribution is 7.89. The van der Waals surface area contributed by atoms with Crippen molar-refractivity contribution in [1.82, 2.24) is 14.6 Å². The molecule has 1 aliphatic rings. The fraction of sp³-hybridized carbons (Fsp3) is 0.242. The molecule has 0 saturated carbocycles. The molecule has 1 fully saturated rings. The van der Waals surface area contributed by atoms with E-state index in [2.05, 4.69) is 15.4 Å². The van der Waals surface area contributed by atoms with Gasteiger partial charge in [-0.05, 0) is 61.0 Å². The number of methoxy groups -OCH3 is 1. The van der Waals surface area contributed by atoms with Crippen LogP contribution in [0.5, 0.6) is 5.75 Å². The topological polar surface area (TPSA) is 125 Å². The number of hydrazone groups is 1. The third kappa shape index (κ3) is 8.33. The van der Waals surface area contributed by atoms with Crippen LogP contribution in [-0.4, -0.2) is 68.9 Å². The molecular weight excluding hydrogens is 665 g/mol. The van der Waals surface area contributed by atoms with Crippen molar-refractivity contribution >= 4 is 56.9 Å². The Labute approximate surface area is 283 Å². The molecule has 3 aromatic carbocycles. The fourth-order valence-corrected chi connectivity index (χ4v) is 6.89. The summed E-state index contributed by atoms with van der Waals surface area (Å²) in [6, 6.07) is 22.2. The summed E-state index contributed by atoms with van der Waals surface area (Å²) in [5, 5.41) is 4.64. The number of benzene rings is 3. The molecule has 1 saturated heterocycles. The van der Waals surface area contributed by atoms with E-state index < -0.39 is 21.8 Å². The van der Waals surface area contributed by atoms with Gasteiger partial charge in [0.2, 0.25) is 10.0 Å². The Morgan fingerprint density at radius 1 is 0.979 bits per heavy atom. The predicted molar refractivity (Wildman–Crippen MR) is 180 cm³/mol. The van der Waals surface area contributed by atoms with Crippen LogP contribution < -0.4 is 15.1 Å². The average Bonchev–Trinajstić information content (AvgIpc) is 3.52. The zero-order chi connectivity index (χ0) is 33.6. The van der Waals surface area contributed by atoms with E-state index in [1.54, 1.807) is 61.7 Å². The summed E-state index contributed by atoms with van der Waals surface area (Å²) in [4.78, 5) is 29.0. The molecule has 2 amide bonds. The number of carbonyl (C=O) groups excluding carboxylic acids is 2. The standard InChI is InChI=1S/C33H33Cl2N5O6S/c1-23-7-13-28(14-8-23)47(43,44)40(21-24-9-10-25(34)19-29(24)35)22-27-12-11-26(46-27)20-36-37-32(41)33(42)39-17-15-38(16-18-39)30-5-3-4-6-31(30)45-2/h3-14,19-20H,15-18,21-22H2,1-2H3,(H,37,41)/b36-20+. The Hall–Kier alpha value is -4.36. The summed E-state index contributed by atoms with van der Waals surface area (Å²) in [5.41, 5.74) is 4.66. The number of furan rings is 1. The molecule has 5 rings (SSSR count). The minimum absolute atomic E-state index is 0.0400. The van der Waals surface area contributed by atoms with Crippen molar-refractivity contribution in [3.8, 4) is 5.75 Å². The molecule has 0 unspecified atom stereocenters. The highest BCUT2D eigenvalue weighted by Gasteiger charge is 2.28. The molecule has 0 atom stereocenters. The predicted octanol–water partition coefficient (Wildman–Crippen LogP) is 5.09. The maximum absolute atomic E-state index is 13.7. The van der Waals surface area contributed by atoms with Gasteiger partial charge in [-0.25, -0.2) is 13.8 Å². The second-order valence-electron chi connectivity index (χ2n) is 10.8. The zero-order valence-corrected chi connectivity index (χ0v) is 28.1. The van der Waals surface area contributed by atoms with E-state index in [-0.39, 0.29) is 23.7 Å². The molecule has 0 bridgehead atoms. The van der Waals surface area contributed by atoms with Gasteiger partial charge in [0.15, 0.2) is 0 Å². The number of anilines is 1. The Morgan fingerprint density at radius 2 is 1.70 bits per heavy atom. The number of para-hydroxylation sites is 2. The van der Waals surface area contributed by atoms with E-state index in [9.17, 15) is 18.0 Å². The quantitative estimate of drug-likeness (QED) is 0.139. The van der Waals surface area contributed by atoms with Gasteiger partial charge in [-0.1, -0.05) is 59.1 Å². The van der Waals surface area contributed by atoms with Crippen LogP contribution in [0.4, 0.5) is 5.69 Å². The third-order valence-corrected chi connectivity index (χ3v) is 9.97. The van der Waals surface area contributed by atoms with E-state index in [1.165, 1.54) is 15.4 Å². The third-order valence-electron chi connectivity index (χ3n) is 7.58. The molecule has 0 aliphatic carbocycles. The van der Waals surface area contributed by atoms with Crippen LogP contribution in [0, 0.1) is 6.92 Å². The van der Waals surface area contributed by atoms with E-state index in [0.29, 0.717) is 47.5 Å². The first-order chi connectivity index (χ1) is 22.5. The van der Waals surface area contributed by atoms with E-state index in [1.807, 2.05) is 31.2 Å². The van der Waals surface area contributed by atoms with Gasteiger partial charge in [0.1, 0.15) is 17.3 Å². The van der Waals surface area contributed by atoms with Crippen molar-refractivity contribution < 1.29 is 27.2 Å². The first-order valence-electron chi connectivity index (χ1n) is 14.6. The maximum atomic E-state index is 13.7. The molecular formula is C33H33Cl2N5O6S. The number of piperazine rings is 1. The Kier molecular flexibility index (Phi) is 10.9. The van der Waals surface area contributed by atoms with Crippen LogP contribution in [0.1, 0.15) is 22.6 Å². The number of aryl methyl sites for hydroxylation is 1. The smallest absolute Gasteiger partial charge is 0.329 e. The van der Waals surface area contributed by atoms with Gasteiger partial charge in [0.25, 0.3) is 0 Å². The minimum atomic E-state index is -3.96. The second-order valence-corrected chi connectivity index (χ2v) is 13.6. The lowest BCUT2D eigenvalue weighted by molar-refractivity contribution is -0.146. The van der Waals surface area contributed by atoms with E-state index in [4.69, 9.17) is 32.4 Å². The zero-order valence-electron chi connectivity index (χ0n) is 25.7. The lowest BCUT2D eigenvalue weighted by Gasteiger charge is -2.36. The number of nitrogens with zero attached hydrogens (tertiary/aromatic N) is 4. The van der Waals surface area contributed by atoms with Crippen molar-refractivity contribution in [2.75, 3.05) is 38.2 Å². The highest BCUT2D eigenvalue weighted by Crippen LogP contribution is 2.29. The largest absolute Gasteiger partial charge is 0.495 e. The number of halogens is 2. The fourth-order valence-electron chi connectivity index (χ4n) is 5.04. The molecule has 1 aromatic heterocycles. The molecule has 47 heavy (non-hydrogen) atoms. The number of amides is 2. The normalized spacial score (nSPS) is 13.7. The van der Waals surface area contributed by atoms with Crippen LogP contribution in [0.25, 0.3) is 0 Å². The summed E-state index contributed by atoms with van der Waals surface area (Å²) in [5.74, 6) is -0.265. The summed E-state index contributed by atoms with van der Waals surface area (Å²) in [6.07, 6.45) is 1.24. The highest BCUT2D eigenvalue weighted by atomic mass is 35.5. The lowest BCUT2D eigenvalue weighted by atomic mass is 10.2. The molecule has 2 heterocycles. The summed E-state index contributed by atoms with van der Waals surface area (Å²) >= 11 is 12.4. The van der Waals surface area contributed by atoms with Crippen molar-refractivity contribution in [2.45, 2.75) is 24.9 Å². The number of sulfonamides is 1. The monoisotopic (exact) mass is 697 g/mol. The van der Waals surface area contributed by atoms with Gasteiger partial charge < -0.3 is 19.0 Å². The SMILES string of the molecule is COc1ccccc1N1CCN(C(=O)C(=O)N/N=C/c2ccc(CN(Cc3ccc(Cl)cc3Cl)S(=O)(=O)c3ccc(C)cc3)o2)CC1. The number of hydrogen-bond donors (Lipinski definition) is 1. The maximum Gasteiger partial charge on any atom is 0.329 e. The van der Waals surface area contributed by atoms with Gasteiger partial charge in [-0.3, -0.25) is 9.59 Å². The van der Waals surface area contributed by atoms with Crippen molar-refractivity contribution in [3.05, 3.63) is 112 Å². The number of ether oxygens (including phenoxy) is 1. The number of carbonyl (C=O) groups is 2. The van der Waals surface area contributed by atoms with Gasteiger partial charge >= 0.3 is 11.8 Å². The minimum Gasteiger partial charge on any atom is -0.495 e. The molecule has 0 spiro atoms. The van der Waals surface area contributed by atoms with Gasteiger partial charge in [-0.15, -0.1) is 0 Å². The van der Waals surface area contributed by atoms with E-state index >= 15 is 0 Å². The molecule has 11 nitrogen and oxygen atoms in total. The first kappa shape index (κ1) is 34.0. The average molecular weight is 699 g/mol. The summed E-state index contributed by atoms with van der Waals surface area (Å²) < 4.78 is 39.9. The number of hydrogen-bond acceptors (Lipinski definition) is 8. The summed E-state index contributed by atoms with van der Waals surface area (Å²) in [7, 11) is -2.35. The van der Waals surface area contributed by atoms with Crippen LogP contribution in [-0.2, 0) is 32.7 Å². The summed E-state index contributed by atoms with van der Waals surface area (Å²) in [6.45, 7) is 3.52.